The lowest BCUT2D eigenvalue weighted by molar-refractivity contribution is -0.139. The molecule has 1 heterocycles. The smallest absolute Gasteiger partial charge is 0.263 e. The first-order valence-electron chi connectivity index (χ1n) is 9.06. The van der Waals surface area contributed by atoms with E-state index in [-0.39, 0.29) is 17.9 Å². The number of nitrogens with zero attached hydrogens (tertiary/aromatic N) is 1. The molecule has 2 aromatic carbocycles. The van der Waals surface area contributed by atoms with E-state index in [9.17, 15) is 14.0 Å². The predicted octanol–water partition coefficient (Wildman–Crippen LogP) is 3.99. The minimum atomic E-state index is -0.556. The van der Waals surface area contributed by atoms with E-state index >= 15 is 0 Å². The number of anilines is 1. The number of carbonyl (C=O) groups is 2. The first-order valence-corrected chi connectivity index (χ1v) is 9.06. The van der Waals surface area contributed by atoms with Gasteiger partial charge in [-0.25, -0.2) is 4.39 Å². The topological polar surface area (TPSA) is 58.6 Å². The molecule has 2 aromatic rings. The number of nitrogens with one attached hydrogen (secondary N) is 1. The summed E-state index contributed by atoms with van der Waals surface area (Å²) < 4.78 is 18.8. The summed E-state index contributed by atoms with van der Waals surface area (Å²) in [7, 11) is 0. The second-order valence-electron chi connectivity index (χ2n) is 6.77. The third-order valence-corrected chi connectivity index (χ3v) is 4.82. The van der Waals surface area contributed by atoms with Crippen molar-refractivity contribution in [3.05, 3.63) is 59.4 Å². The summed E-state index contributed by atoms with van der Waals surface area (Å²) in [6.45, 7) is 6.22. The largest absolute Gasteiger partial charge is 0.481 e. The maximum atomic E-state index is 13.0. The Bertz CT molecular complexity index is 851. The summed E-state index contributed by atoms with van der Waals surface area (Å²) >= 11 is 0. The van der Waals surface area contributed by atoms with Gasteiger partial charge in [-0.15, -0.1) is 0 Å². The first kappa shape index (κ1) is 18.9. The van der Waals surface area contributed by atoms with Gasteiger partial charge in [-0.05, 0) is 62.7 Å². The van der Waals surface area contributed by atoms with Gasteiger partial charge in [0.2, 0.25) is 0 Å². The van der Waals surface area contributed by atoms with Crippen LogP contribution in [-0.4, -0.2) is 28.9 Å². The van der Waals surface area contributed by atoms with Gasteiger partial charge >= 0.3 is 0 Å². The van der Waals surface area contributed by atoms with Crippen molar-refractivity contribution in [1.29, 1.82) is 0 Å². The molecular formula is C21H23FN2O3. The minimum absolute atomic E-state index is 0.0440. The highest BCUT2D eigenvalue weighted by Crippen LogP contribution is 2.30. The van der Waals surface area contributed by atoms with Crippen LogP contribution in [0.25, 0.3) is 0 Å². The zero-order valence-electron chi connectivity index (χ0n) is 15.7. The number of hydrogen-bond acceptors (Lipinski definition) is 3. The molecule has 2 amide bonds. The molecule has 1 aliphatic rings. The number of ether oxygens (including phenoxy) is 1. The van der Waals surface area contributed by atoms with Crippen molar-refractivity contribution < 1.29 is 18.7 Å². The van der Waals surface area contributed by atoms with Crippen LogP contribution in [0.5, 0.6) is 5.75 Å². The fourth-order valence-corrected chi connectivity index (χ4v) is 3.03. The second-order valence-corrected chi connectivity index (χ2v) is 6.77. The molecule has 142 valence electrons. The zero-order valence-corrected chi connectivity index (χ0v) is 15.7. The van der Waals surface area contributed by atoms with Crippen molar-refractivity contribution in [2.75, 3.05) is 5.32 Å². The SMILES string of the molecule is CC[C@@H](C)N1Cc2cc(NC(=O)c3ccc(F)cc3)ccc2O[C@@H](C)C1=O. The Hall–Kier alpha value is -2.89. The molecule has 0 aromatic heterocycles. The Balaban J connectivity index is 1.84. The molecule has 0 bridgehead atoms. The summed E-state index contributed by atoms with van der Waals surface area (Å²) in [5, 5.41) is 2.81. The number of halogens is 1. The first-order chi connectivity index (χ1) is 12.9. The van der Waals surface area contributed by atoms with Crippen LogP contribution in [0.2, 0.25) is 0 Å². The summed E-state index contributed by atoms with van der Waals surface area (Å²) in [5.41, 5.74) is 1.80. The van der Waals surface area contributed by atoms with Gasteiger partial charge in [-0.3, -0.25) is 9.59 Å². The Kier molecular flexibility index (Phi) is 5.44. The fourth-order valence-electron chi connectivity index (χ4n) is 3.03. The lowest BCUT2D eigenvalue weighted by Gasteiger charge is -2.28. The maximum Gasteiger partial charge on any atom is 0.263 e. The lowest BCUT2D eigenvalue weighted by Crippen LogP contribution is -2.42. The quantitative estimate of drug-likeness (QED) is 0.885. The highest BCUT2D eigenvalue weighted by atomic mass is 19.1. The van der Waals surface area contributed by atoms with Crippen LogP contribution in [0.4, 0.5) is 10.1 Å². The van der Waals surface area contributed by atoms with Gasteiger partial charge in [0.15, 0.2) is 6.10 Å². The van der Waals surface area contributed by atoms with E-state index in [0.717, 1.165) is 12.0 Å². The summed E-state index contributed by atoms with van der Waals surface area (Å²) in [6, 6.07) is 10.8. The molecule has 6 heteroatoms. The average Bonchev–Trinajstić information content (AvgIpc) is 2.78. The molecule has 0 fully saturated rings. The number of hydrogen-bond donors (Lipinski definition) is 1. The molecule has 0 saturated carbocycles. The normalized spacial score (nSPS) is 17.6. The van der Waals surface area contributed by atoms with Crippen LogP contribution in [0.15, 0.2) is 42.5 Å². The molecule has 5 nitrogen and oxygen atoms in total. The van der Waals surface area contributed by atoms with Gasteiger partial charge in [-0.1, -0.05) is 6.92 Å². The van der Waals surface area contributed by atoms with Crippen LogP contribution in [0.1, 0.15) is 43.1 Å². The third-order valence-electron chi connectivity index (χ3n) is 4.82. The summed E-state index contributed by atoms with van der Waals surface area (Å²) in [6.07, 6.45) is 0.286. The van der Waals surface area contributed by atoms with Gasteiger partial charge in [0.05, 0.1) is 0 Å². The summed E-state index contributed by atoms with van der Waals surface area (Å²) in [5.74, 6) is -0.121. The monoisotopic (exact) mass is 370 g/mol. The lowest BCUT2D eigenvalue weighted by atomic mass is 10.1. The number of carbonyl (C=O) groups excluding carboxylic acids is 2. The molecule has 1 aliphatic heterocycles. The highest BCUT2D eigenvalue weighted by Gasteiger charge is 2.30. The van der Waals surface area contributed by atoms with E-state index in [0.29, 0.717) is 23.5 Å². The standard InChI is InChI=1S/C21H23FN2O3/c1-4-13(2)24-12-16-11-18(9-10-19(16)27-14(3)21(24)26)23-20(25)15-5-7-17(22)8-6-15/h5-11,13-14H,4,12H2,1-3H3,(H,23,25)/t13-,14+/m1/s1. The molecule has 27 heavy (non-hydrogen) atoms. The van der Waals surface area contributed by atoms with E-state index < -0.39 is 11.9 Å². The number of fused-ring (bicyclic) bond motifs is 1. The van der Waals surface area contributed by atoms with Crippen molar-refractivity contribution in [2.45, 2.75) is 45.9 Å². The summed E-state index contributed by atoms with van der Waals surface area (Å²) in [4.78, 5) is 26.8. The maximum absolute atomic E-state index is 13.0. The van der Waals surface area contributed by atoms with E-state index in [2.05, 4.69) is 5.32 Å². The number of amides is 2. The van der Waals surface area contributed by atoms with Crippen molar-refractivity contribution in [3.63, 3.8) is 0 Å². The molecule has 1 N–H and O–H groups in total. The van der Waals surface area contributed by atoms with Crippen LogP contribution >= 0.6 is 0 Å². The predicted molar refractivity (Wildman–Crippen MR) is 101 cm³/mol. The van der Waals surface area contributed by atoms with Crippen LogP contribution < -0.4 is 10.1 Å². The van der Waals surface area contributed by atoms with Crippen molar-refractivity contribution in [3.8, 4) is 5.75 Å². The minimum Gasteiger partial charge on any atom is -0.481 e. The highest BCUT2D eigenvalue weighted by molar-refractivity contribution is 6.04. The molecule has 0 spiro atoms. The van der Waals surface area contributed by atoms with Crippen LogP contribution in [-0.2, 0) is 11.3 Å². The number of benzene rings is 2. The molecule has 0 unspecified atom stereocenters. The molecule has 0 saturated heterocycles. The van der Waals surface area contributed by atoms with Crippen molar-refractivity contribution >= 4 is 17.5 Å². The average molecular weight is 370 g/mol. The Labute approximate surface area is 158 Å². The van der Waals surface area contributed by atoms with E-state index in [1.165, 1.54) is 24.3 Å². The van der Waals surface area contributed by atoms with Crippen molar-refractivity contribution in [2.24, 2.45) is 0 Å². The Morgan fingerprint density at radius 3 is 2.67 bits per heavy atom. The van der Waals surface area contributed by atoms with Gasteiger partial charge < -0.3 is 15.0 Å². The van der Waals surface area contributed by atoms with E-state index in [1.807, 2.05) is 24.8 Å². The molecule has 0 radical (unpaired) electrons. The Morgan fingerprint density at radius 2 is 2.00 bits per heavy atom. The third kappa shape index (κ3) is 4.10. The van der Waals surface area contributed by atoms with Crippen LogP contribution in [0.3, 0.4) is 0 Å². The van der Waals surface area contributed by atoms with E-state index in [4.69, 9.17) is 4.74 Å². The molecular weight excluding hydrogens is 347 g/mol. The van der Waals surface area contributed by atoms with Gasteiger partial charge in [0.25, 0.3) is 11.8 Å². The molecule has 0 aliphatic carbocycles. The zero-order chi connectivity index (χ0) is 19.6. The van der Waals surface area contributed by atoms with E-state index in [1.54, 1.807) is 19.1 Å². The fraction of sp³-hybridized carbons (Fsp3) is 0.333. The number of rotatable bonds is 4. The molecule has 2 atom stereocenters. The van der Waals surface area contributed by atoms with Gasteiger partial charge in [0, 0.05) is 29.4 Å². The second kappa shape index (κ2) is 7.78. The Morgan fingerprint density at radius 1 is 1.30 bits per heavy atom. The van der Waals surface area contributed by atoms with Gasteiger partial charge in [0.1, 0.15) is 11.6 Å². The van der Waals surface area contributed by atoms with Crippen molar-refractivity contribution in [1.82, 2.24) is 4.90 Å². The van der Waals surface area contributed by atoms with Crippen LogP contribution in [0, 0.1) is 5.82 Å². The molecule has 3 rings (SSSR count). The van der Waals surface area contributed by atoms with Gasteiger partial charge in [-0.2, -0.15) is 0 Å².